The SMILES string of the molecule is Cc1cc(Br)cc2c1nc(C(C)C)n2CCOc1ccc(Cc2sc(=O)[nH]c2O)cc1C(=O)O. The Morgan fingerprint density at radius 2 is 2.06 bits per heavy atom. The smallest absolute Gasteiger partial charge is 0.339 e. The highest BCUT2D eigenvalue weighted by molar-refractivity contribution is 9.10. The van der Waals surface area contributed by atoms with Crippen LogP contribution < -0.4 is 9.61 Å². The van der Waals surface area contributed by atoms with Gasteiger partial charge in [-0.3, -0.25) is 9.78 Å². The normalized spacial score (nSPS) is 11.4. The van der Waals surface area contributed by atoms with Crippen molar-refractivity contribution < 1.29 is 19.7 Å². The van der Waals surface area contributed by atoms with Gasteiger partial charge in [-0.15, -0.1) is 0 Å². The molecule has 0 amide bonds. The lowest BCUT2D eigenvalue weighted by molar-refractivity contribution is 0.0692. The van der Waals surface area contributed by atoms with Crippen LogP contribution in [-0.2, 0) is 13.0 Å². The minimum atomic E-state index is -1.11. The topological polar surface area (TPSA) is 117 Å². The number of aryl methyl sites for hydroxylation is 1. The number of thiazole rings is 1. The second kappa shape index (κ2) is 9.63. The molecular weight excluding hydrogens is 522 g/mol. The third-order valence-corrected chi connectivity index (χ3v) is 6.80. The molecule has 0 atom stereocenters. The van der Waals surface area contributed by atoms with E-state index in [1.165, 1.54) is 6.07 Å². The fraction of sp³-hybridized carbons (Fsp3) is 0.292. The monoisotopic (exact) mass is 545 g/mol. The lowest BCUT2D eigenvalue weighted by Crippen LogP contribution is -2.13. The van der Waals surface area contributed by atoms with Gasteiger partial charge in [-0.25, -0.2) is 9.78 Å². The first kappa shape index (κ1) is 24.0. The summed E-state index contributed by atoms with van der Waals surface area (Å²) in [5.41, 5.74) is 3.70. The molecule has 34 heavy (non-hydrogen) atoms. The number of benzene rings is 2. The summed E-state index contributed by atoms with van der Waals surface area (Å²) in [5.74, 6) is 0.107. The molecule has 2 aromatic carbocycles. The molecule has 0 saturated carbocycles. The Morgan fingerprint density at radius 1 is 1.29 bits per heavy atom. The second-order valence-corrected chi connectivity index (χ2v) is 10.3. The summed E-state index contributed by atoms with van der Waals surface area (Å²) >= 11 is 4.45. The molecule has 0 fully saturated rings. The first-order chi connectivity index (χ1) is 16.1. The van der Waals surface area contributed by atoms with E-state index in [0.717, 1.165) is 38.2 Å². The van der Waals surface area contributed by atoms with Crippen molar-refractivity contribution >= 4 is 44.3 Å². The van der Waals surface area contributed by atoms with Crippen LogP contribution in [0.4, 0.5) is 0 Å². The van der Waals surface area contributed by atoms with Crippen molar-refractivity contribution in [2.75, 3.05) is 6.61 Å². The Morgan fingerprint density at radius 3 is 2.71 bits per heavy atom. The molecule has 178 valence electrons. The van der Waals surface area contributed by atoms with Crippen molar-refractivity contribution in [1.82, 2.24) is 14.5 Å². The zero-order valence-electron chi connectivity index (χ0n) is 18.9. The Balaban J connectivity index is 1.56. The minimum Gasteiger partial charge on any atom is -0.494 e. The van der Waals surface area contributed by atoms with Crippen LogP contribution in [-0.4, -0.2) is 37.3 Å². The van der Waals surface area contributed by atoms with Gasteiger partial charge < -0.3 is 19.5 Å². The number of nitrogens with one attached hydrogen (secondary N) is 1. The van der Waals surface area contributed by atoms with E-state index in [9.17, 15) is 19.8 Å². The zero-order chi connectivity index (χ0) is 24.6. The number of nitrogens with zero attached hydrogens (tertiary/aromatic N) is 2. The molecule has 0 spiro atoms. The molecule has 0 aliphatic heterocycles. The number of hydrogen-bond donors (Lipinski definition) is 3. The van der Waals surface area contributed by atoms with Gasteiger partial charge in [0, 0.05) is 16.8 Å². The van der Waals surface area contributed by atoms with Crippen LogP contribution in [0.2, 0.25) is 0 Å². The number of carboxylic acid groups (broad SMARTS) is 1. The van der Waals surface area contributed by atoms with Crippen LogP contribution in [0.25, 0.3) is 11.0 Å². The molecule has 0 unspecified atom stereocenters. The molecule has 4 aromatic rings. The van der Waals surface area contributed by atoms with Gasteiger partial charge in [0.15, 0.2) is 0 Å². The van der Waals surface area contributed by atoms with Crippen LogP contribution in [0.15, 0.2) is 39.6 Å². The number of imidazole rings is 1. The van der Waals surface area contributed by atoms with Gasteiger partial charge in [-0.05, 0) is 42.3 Å². The van der Waals surface area contributed by atoms with Gasteiger partial charge in [0.2, 0.25) is 5.88 Å². The number of aromatic amines is 1. The zero-order valence-corrected chi connectivity index (χ0v) is 21.3. The van der Waals surface area contributed by atoms with Crippen molar-refractivity contribution in [2.45, 2.75) is 39.7 Å². The number of ether oxygens (including phenoxy) is 1. The molecule has 0 saturated heterocycles. The first-order valence-electron chi connectivity index (χ1n) is 10.7. The first-order valence-corrected chi connectivity index (χ1v) is 12.3. The summed E-state index contributed by atoms with van der Waals surface area (Å²) in [5, 5.41) is 19.5. The maximum absolute atomic E-state index is 11.9. The summed E-state index contributed by atoms with van der Waals surface area (Å²) in [4.78, 5) is 30.5. The van der Waals surface area contributed by atoms with Crippen LogP contribution in [0.5, 0.6) is 11.6 Å². The van der Waals surface area contributed by atoms with Gasteiger partial charge in [0.25, 0.3) is 0 Å². The average molecular weight is 546 g/mol. The average Bonchev–Trinajstić information content (AvgIpc) is 3.28. The summed E-state index contributed by atoms with van der Waals surface area (Å²) < 4.78 is 8.99. The van der Waals surface area contributed by atoms with E-state index in [1.54, 1.807) is 12.1 Å². The van der Waals surface area contributed by atoms with Crippen LogP contribution >= 0.6 is 27.3 Å². The van der Waals surface area contributed by atoms with E-state index in [-0.39, 0.29) is 41.0 Å². The van der Waals surface area contributed by atoms with Crippen molar-refractivity contribution in [1.29, 1.82) is 0 Å². The van der Waals surface area contributed by atoms with Crippen LogP contribution in [0, 0.1) is 6.92 Å². The highest BCUT2D eigenvalue weighted by Crippen LogP contribution is 2.29. The summed E-state index contributed by atoms with van der Waals surface area (Å²) in [6.45, 7) is 6.96. The lowest BCUT2D eigenvalue weighted by Gasteiger charge is -2.14. The fourth-order valence-corrected chi connectivity index (χ4v) is 5.25. The standard InChI is InChI=1S/C24H24BrN3O5S/c1-12(2)21-26-20-13(3)8-15(25)11-17(20)28(21)6-7-33-18-5-4-14(9-16(18)23(30)31)10-19-22(29)27-24(32)34-19/h4-5,8-9,11-12,29H,6-7,10H2,1-3H3,(H,27,32)(H,30,31). The molecule has 4 rings (SSSR count). The molecule has 0 aliphatic rings. The van der Waals surface area contributed by atoms with Gasteiger partial charge in [0.1, 0.15) is 23.7 Å². The lowest BCUT2D eigenvalue weighted by atomic mass is 10.1. The quantitative estimate of drug-likeness (QED) is 0.285. The van der Waals surface area contributed by atoms with Crippen LogP contribution in [0.3, 0.4) is 0 Å². The number of aromatic carboxylic acids is 1. The van der Waals surface area contributed by atoms with Gasteiger partial charge in [0.05, 0.1) is 22.5 Å². The number of fused-ring (bicyclic) bond motifs is 1. The van der Waals surface area contributed by atoms with Crippen molar-refractivity contribution in [3.63, 3.8) is 0 Å². The minimum absolute atomic E-state index is 0.0260. The number of carbonyl (C=O) groups is 1. The third-order valence-electron chi connectivity index (χ3n) is 5.47. The largest absolute Gasteiger partial charge is 0.494 e. The summed E-state index contributed by atoms with van der Waals surface area (Å²) in [6.07, 6.45) is 0.239. The molecule has 10 heteroatoms. The number of aromatic nitrogens is 3. The highest BCUT2D eigenvalue weighted by atomic mass is 79.9. The van der Waals surface area contributed by atoms with E-state index in [1.807, 2.05) is 19.1 Å². The van der Waals surface area contributed by atoms with Crippen molar-refractivity contribution in [2.24, 2.45) is 0 Å². The highest BCUT2D eigenvalue weighted by Gasteiger charge is 2.18. The number of halogens is 1. The number of rotatable bonds is 8. The van der Waals surface area contributed by atoms with Gasteiger partial charge >= 0.3 is 10.8 Å². The summed E-state index contributed by atoms with van der Waals surface area (Å²) in [7, 11) is 0. The van der Waals surface area contributed by atoms with E-state index in [4.69, 9.17) is 9.72 Å². The number of aromatic hydroxyl groups is 1. The number of carboxylic acids is 1. The Labute approximate surface area is 208 Å². The second-order valence-electron chi connectivity index (χ2n) is 8.31. The predicted octanol–water partition coefficient (Wildman–Crippen LogP) is 5.05. The molecule has 0 bridgehead atoms. The van der Waals surface area contributed by atoms with Crippen LogP contribution in [0.1, 0.15) is 52.0 Å². The third kappa shape index (κ3) is 4.88. The van der Waals surface area contributed by atoms with E-state index in [2.05, 4.69) is 39.3 Å². The maximum atomic E-state index is 11.9. The van der Waals surface area contributed by atoms with Gasteiger partial charge in [-0.1, -0.05) is 47.2 Å². The molecule has 0 aliphatic carbocycles. The summed E-state index contributed by atoms with van der Waals surface area (Å²) in [6, 6.07) is 8.92. The number of H-pyrrole nitrogens is 1. The Kier molecular flexibility index (Phi) is 6.81. The van der Waals surface area contributed by atoms with E-state index in [0.29, 0.717) is 17.0 Å². The van der Waals surface area contributed by atoms with Gasteiger partial charge in [-0.2, -0.15) is 0 Å². The molecule has 8 nitrogen and oxygen atoms in total. The fourth-order valence-electron chi connectivity index (χ4n) is 3.93. The van der Waals surface area contributed by atoms with Crippen molar-refractivity contribution in [3.8, 4) is 11.6 Å². The Hall–Kier alpha value is -3.11. The molecule has 0 radical (unpaired) electrons. The maximum Gasteiger partial charge on any atom is 0.339 e. The van der Waals surface area contributed by atoms with E-state index >= 15 is 0 Å². The van der Waals surface area contributed by atoms with Crippen molar-refractivity contribution in [3.05, 3.63) is 71.9 Å². The molecule has 2 aromatic heterocycles. The Bertz CT molecular complexity index is 1440. The number of hydrogen-bond acceptors (Lipinski definition) is 6. The predicted molar refractivity (Wildman–Crippen MR) is 135 cm³/mol. The molecule has 2 heterocycles. The molecule has 3 N–H and O–H groups in total. The molecular formula is C24H24BrN3O5S. The van der Waals surface area contributed by atoms with E-state index < -0.39 is 5.97 Å².